The second kappa shape index (κ2) is 16.8. The second-order valence-electron chi connectivity index (χ2n) is 22.3. The van der Waals surface area contributed by atoms with E-state index in [1.807, 2.05) is 34.9 Å². The molecular formula is C50H75N3O8. The number of carbonyl (C=O) groups is 4. The largest absolute Gasteiger partial charge is 0.481 e. The highest BCUT2D eigenvalue weighted by molar-refractivity contribution is 6.02. The maximum absolute atomic E-state index is 14.9. The van der Waals surface area contributed by atoms with E-state index in [4.69, 9.17) is 9.47 Å². The lowest BCUT2D eigenvalue weighted by atomic mass is 9.33. The molecule has 5 aliphatic carbocycles. The molecule has 0 spiro atoms. The van der Waals surface area contributed by atoms with Crippen molar-refractivity contribution in [3.63, 3.8) is 0 Å². The van der Waals surface area contributed by atoms with Gasteiger partial charge in [-0.2, -0.15) is 0 Å². The first-order valence-electron chi connectivity index (χ1n) is 23.5. The third kappa shape index (κ3) is 7.82. The van der Waals surface area contributed by atoms with Crippen LogP contribution in [0.2, 0.25) is 0 Å². The van der Waals surface area contributed by atoms with E-state index in [2.05, 4.69) is 53.5 Å². The molecule has 1 aromatic heterocycles. The van der Waals surface area contributed by atoms with Gasteiger partial charge in [0.2, 0.25) is 5.91 Å². The van der Waals surface area contributed by atoms with Crippen LogP contribution in [0.5, 0.6) is 0 Å². The molecule has 5 fully saturated rings. The highest BCUT2D eigenvalue weighted by Crippen LogP contribution is 2.76. The summed E-state index contributed by atoms with van der Waals surface area (Å²) in [6, 6.07) is 5.54. The predicted molar refractivity (Wildman–Crippen MR) is 233 cm³/mol. The lowest BCUT2D eigenvalue weighted by Crippen LogP contribution is -2.65. The van der Waals surface area contributed by atoms with E-state index in [0.717, 1.165) is 62.6 Å². The van der Waals surface area contributed by atoms with E-state index in [-0.39, 0.29) is 82.8 Å². The molecule has 11 nitrogen and oxygen atoms in total. The fourth-order valence-electron chi connectivity index (χ4n) is 14.5. The molecule has 11 atom stereocenters. The Bertz CT molecular complexity index is 1870. The van der Waals surface area contributed by atoms with Crippen molar-refractivity contribution >= 4 is 23.6 Å². The maximum atomic E-state index is 14.9. The number of ketones is 1. The number of hydrogen-bond donors (Lipinski definition) is 2. The SMILES string of the molecule is CC(C)C1=C2C(CC[C@]3(C)[C@@H]2CC[C@@H]2[C@@]4(C)CC[C@H](OC(=O)CC(C)(C)C(=O)O)C(C)(C)[C@@H]4CC[C@]23C)[C@H]([C@@H](O)CN(CC(=O)N2CCOCC2)[C@@H](C)c2ccccn2)C1=O. The van der Waals surface area contributed by atoms with Crippen LogP contribution < -0.4 is 0 Å². The van der Waals surface area contributed by atoms with Crippen molar-refractivity contribution in [1.29, 1.82) is 0 Å². The highest BCUT2D eigenvalue weighted by Gasteiger charge is 2.69. The Kier molecular flexibility index (Phi) is 12.6. The summed E-state index contributed by atoms with van der Waals surface area (Å²) < 4.78 is 11.7. The summed E-state index contributed by atoms with van der Waals surface area (Å²) in [5, 5.41) is 22.1. The number of morpholine rings is 1. The molecule has 1 amide bonds. The van der Waals surface area contributed by atoms with E-state index >= 15 is 0 Å². The van der Waals surface area contributed by atoms with Gasteiger partial charge in [-0.25, -0.2) is 0 Å². The number of hydrogen-bond acceptors (Lipinski definition) is 9. The Morgan fingerprint density at radius 1 is 0.951 bits per heavy atom. The van der Waals surface area contributed by atoms with Crippen LogP contribution in [-0.4, -0.2) is 100 Å². The fraction of sp³-hybridized carbons (Fsp3) is 0.780. The summed E-state index contributed by atoms with van der Waals surface area (Å²) in [6.45, 7) is 24.0. The molecule has 11 heteroatoms. The molecule has 2 N–H and O–H groups in total. The lowest BCUT2D eigenvalue weighted by Gasteiger charge is -2.71. The topological polar surface area (TPSA) is 147 Å². The van der Waals surface area contributed by atoms with Crippen LogP contribution in [0.15, 0.2) is 35.5 Å². The van der Waals surface area contributed by atoms with Crippen molar-refractivity contribution in [3.8, 4) is 0 Å². The minimum absolute atomic E-state index is 0.00256. The summed E-state index contributed by atoms with van der Waals surface area (Å²) in [7, 11) is 0. The zero-order valence-electron chi connectivity index (χ0n) is 38.8. The first kappa shape index (κ1) is 45.9. The number of esters is 1. The minimum atomic E-state index is -1.18. The molecule has 6 aliphatic rings. The molecule has 61 heavy (non-hydrogen) atoms. The molecule has 1 aliphatic heterocycles. The smallest absolute Gasteiger partial charge is 0.309 e. The summed E-state index contributed by atoms with van der Waals surface area (Å²) in [5.74, 6) is -0.813. The molecule has 1 aromatic rings. The molecular weight excluding hydrogens is 771 g/mol. The number of allylic oxidation sites excluding steroid dienone is 2. The number of carbonyl (C=O) groups excluding carboxylic acids is 3. The number of aliphatic carboxylic acids is 1. The number of rotatable bonds is 12. The number of carboxylic acids is 1. The van der Waals surface area contributed by atoms with E-state index in [1.165, 1.54) is 5.57 Å². The third-order valence-electron chi connectivity index (χ3n) is 18.1. The van der Waals surface area contributed by atoms with Crippen LogP contribution in [0.4, 0.5) is 0 Å². The van der Waals surface area contributed by atoms with Gasteiger partial charge in [-0.3, -0.25) is 29.1 Å². The van der Waals surface area contributed by atoms with Crippen LogP contribution in [0.1, 0.15) is 139 Å². The van der Waals surface area contributed by atoms with E-state index in [1.54, 1.807) is 20.0 Å². The Labute approximate surface area is 364 Å². The van der Waals surface area contributed by atoms with Crippen molar-refractivity contribution < 1.29 is 38.9 Å². The van der Waals surface area contributed by atoms with E-state index in [9.17, 15) is 29.4 Å². The zero-order valence-corrected chi connectivity index (χ0v) is 38.8. The van der Waals surface area contributed by atoms with Gasteiger partial charge in [-0.1, -0.05) is 60.1 Å². The number of carboxylic acid groups (broad SMARTS) is 1. The molecule has 1 saturated heterocycles. The number of pyridine rings is 1. The number of fused-ring (bicyclic) bond motifs is 7. The Balaban J connectivity index is 1.12. The van der Waals surface area contributed by atoms with Crippen molar-refractivity contribution in [1.82, 2.24) is 14.8 Å². The number of aliphatic hydroxyl groups excluding tert-OH is 1. The van der Waals surface area contributed by atoms with Crippen molar-refractivity contribution in [2.24, 2.45) is 62.6 Å². The number of amides is 1. The summed E-state index contributed by atoms with van der Waals surface area (Å²) >= 11 is 0. The van der Waals surface area contributed by atoms with Gasteiger partial charge in [0.25, 0.3) is 0 Å². The minimum Gasteiger partial charge on any atom is -0.481 e. The molecule has 2 heterocycles. The van der Waals surface area contributed by atoms with Crippen LogP contribution in [-0.2, 0) is 28.7 Å². The van der Waals surface area contributed by atoms with Gasteiger partial charge in [0.05, 0.1) is 49.3 Å². The first-order valence-corrected chi connectivity index (χ1v) is 23.5. The van der Waals surface area contributed by atoms with Gasteiger partial charge in [-0.15, -0.1) is 0 Å². The number of Topliss-reactive ketones (excluding diaryl/α,β-unsaturated/α-hetero) is 1. The van der Waals surface area contributed by atoms with Crippen LogP contribution >= 0.6 is 0 Å². The van der Waals surface area contributed by atoms with Crippen molar-refractivity contribution in [2.75, 3.05) is 39.4 Å². The molecule has 4 saturated carbocycles. The standard InChI is InChI=1S/C50H75N3O8/c1-30(2)41-42-32(43(44(41)57)35(54)28-53(31(3)34-13-11-12-22-51-34)29-39(55)52-23-25-60-26-24-52)16-20-49(9)33(42)14-15-37-48(8)19-18-38(61-40(56)27-46(4,5)45(58)59)47(6,7)36(48)17-21-50(37,49)10/h11-13,22,30-33,35-38,43,54H,14-21,23-29H2,1-10H3,(H,58,59)/t31-,32?,33+,35-,36-,37+,38-,43+,48-,49+,50+/m0/s1. The fourth-order valence-corrected chi connectivity index (χ4v) is 14.5. The molecule has 0 radical (unpaired) electrons. The number of aromatic nitrogens is 1. The summed E-state index contributed by atoms with van der Waals surface area (Å²) in [4.78, 5) is 62.1. The highest BCUT2D eigenvalue weighted by atomic mass is 16.5. The molecule has 338 valence electrons. The Morgan fingerprint density at radius 2 is 1.64 bits per heavy atom. The second-order valence-corrected chi connectivity index (χ2v) is 22.3. The van der Waals surface area contributed by atoms with E-state index < -0.39 is 29.4 Å². The monoisotopic (exact) mass is 846 g/mol. The summed E-state index contributed by atoms with van der Waals surface area (Å²) in [6.07, 6.45) is 8.14. The van der Waals surface area contributed by atoms with Gasteiger partial charge in [0.15, 0.2) is 5.78 Å². The van der Waals surface area contributed by atoms with Gasteiger partial charge in [0, 0.05) is 37.3 Å². The first-order chi connectivity index (χ1) is 28.6. The zero-order chi connectivity index (χ0) is 44.4. The Hall–Kier alpha value is -3.15. The van der Waals surface area contributed by atoms with Gasteiger partial charge >= 0.3 is 11.9 Å². The molecule has 7 rings (SSSR count). The average molecular weight is 846 g/mol. The van der Waals surface area contributed by atoms with Crippen LogP contribution in [0.25, 0.3) is 0 Å². The van der Waals surface area contributed by atoms with Gasteiger partial charge < -0.3 is 24.6 Å². The van der Waals surface area contributed by atoms with Gasteiger partial charge in [0.1, 0.15) is 6.10 Å². The normalized spacial score (nSPS) is 35.8. The maximum Gasteiger partial charge on any atom is 0.309 e. The number of ether oxygens (including phenoxy) is 2. The third-order valence-corrected chi connectivity index (χ3v) is 18.1. The summed E-state index contributed by atoms with van der Waals surface area (Å²) in [5.41, 5.74) is 1.67. The molecule has 1 unspecified atom stereocenters. The van der Waals surface area contributed by atoms with E-state index in [0.29, 0.717) is 38.1 Å². The average Bonchev–Trinajstić information content (AvgIpc) is 3.51. The predicted octanol–water partition coefficient (Wildman–Crippen LogP) is 7.91. The Morgan fingerprint density at radius 3 is 2.28 bits per heavy atom. The van der Waals surface area contributed by atoms with Crippen LogP contribution in [0.3, 0.4) is 0 Å². The van der Waals surface area contributed by atoms with Crippen molar-refractivity contribution in [3.05, 3.63) is 41.2 Å². The molecule has 0 aromatic carbocycles. The quantitative estimate of drug-likeness (QED) is 0.199. The lowest BCUT2D eigenvalue weighted by molar-refractivity contribution is -0.232. The number of nitrogens with zero attached hydrogens (tertiary/aromatic N) is 3. The molecule has 0 bridgehead atoms. The number of aliphatic hydroxyl groups is 1. The van der Waals surface area contributed by atoms with Crippen molar-refractivity contribution in [2.45, 2.75) is 145 Å². The van der Waals surface area contributed by atoms with Crippen LogP contribution in [0, 0.1) is 62.6 Å². The van der Waals surface area contributed by atoms with Gasteiger partial charge in [-0.05, 0) is 136 Å².